The molecule has 35 heavy (non-hydrogen) atoms. The number of benzene rings is 2. The number of aliphatic hydroxyl groups excluding tert-OH is 1. The maximum Gasteiger partial charge on any atom is 0.268 e. The first-order valence-corrected chi connectivity index (χ1v) is 11.6. The first-order valence-electron chi connectivity index (χ1n) is 11.2. The molecular formula is C24H24ClFN6O3. The summed E-state index contributed by atoms with van der Waals surface area (Å²) in [6.45, 7) is 4.41. The van der Waals surface area contributed by atoms with Gasteiger partial charge in [0.15, 0.2) is 6.73 Å². The summed E-state index contributed by atoms with van der Waals surface area (Å²) >= 11 is 6.11. The highest BCUT2D eigenvalue weighted by molar-refractivity contribution is 6.34. The number of carbonyl (C=O) groups is 1. The Morgan fingerprint density at radius 2 is 2.20 bits per heavy atom. The Hall–Kier alpha value is -3.47. The SMILES string of the molecule is C[C@@H]1CNCCN1c1ccc(Nc2ncc3c(n2)OCN(c2c(F)cccc2Cl)C3=O)cc1CO. The Kier molecular flexibility index (Phi) is 6.42. The smallest absolute Gasteiger partial charge is 0.268 e. The molecule has 1 amide bonds. The van der Waals surface area contributed by atoms with Gasteiger partial charge in [-0.25, -0.2) is 9.37 Å². The highest BCUT2D eigenvalue weighted by Gasteiger charge is 2.32. The van der Waals surface area contributed by atoms with Crippen molar-refractivity contribution in [1.82, 2.24) is 15.3 Å². The zero-order valence-electron chi connectivity index (χ0n) is 19.0. The van der Waals surface area contributed by atoms with Crippen LogP contribution in [0.25, 0.3) is 0 Å². The van der Waals surface area contributed by atoms with Gasteiger partial charge in [0.2, 0.25) is 11.8 Å². The van der Waals surface area contributed by atoms with Crippen LogP contribution in [0.5, 0.6) is 5.88 Å². The van der Waals surface area contributed by atoms with Crippen LogP contribution in [0.15, 0.2) is 42.6 Å². The number of halogens is 2. The fourth-order valence-corrected chi connectivity index (χ4v) is 4.59. The van der Waals surface area contributed by atoms with Crippen molar-refractivity contribution in [3.8, 4) is 5.88 Å². The van der Waals surface area contributed by atoms with Gasteiger partial charge in [-0.15, -0.1) is 0 Å². The molecule has 0 saturated carbocycles. The quantitative estimate of drug-likeness (QED) is 0.492. The Labute approximate surface area is 206 Å². The van der Waals surface area contributed by atoms with Crippen molar-refractivity contribution >= 4 is 40.5 Å². The number of nitrogens with one attached hydrogen (secondary N) is 2. The van der Waals surface area contributed by atoms with E-state index in [4.69, 9.17) is 16.3 Å². The van der Waals surface area contributed by atoms with Crippen LogP contribution >= 0.6 is 11.6 Å². The number of nitrogens with zero attached hydrogens (tertiary/aromatic N) is 4. The number of carbonyl (C=O) groups excluding carboxylic acids is 1. The molecule has 182 valence electrons. The van der Waals surface area contributed by atoms with Crippen LogP contribution in [0.1, 0.15) is 22.8 Å². The molecule has 0 spiro atoms. The summed E-state index contributed by atoms with van der Waals surface area (Å²) in [4.78, 5) is 24.9. The van der Waals surface area contributed by atoms with Crippen LogP contribution in [0, 0.1) is 5.82 Å². The number of fused-ring (bicyclic) bond motifs is 1. The van der Waals surface area contributed by atoms with Crippen molar-refractivity contribution in [2.45, 2.75) is 19.6 Å². The molecule has 0 radical (unpaired) electrons. The van der Waals surface area contributed by atoms with Gasteiger partial charge in [-0.3, -0.25) is 9.69 Å². The number of piperazine rings is 1. The number of rotatable bonds is 5. The van der Waals surface area contributed by atoms with E-state index in [0.717, 1.165) is 35.8 Å². The van der Waals surface area contributed by atoms with Crippen LogP contribution in [0.4, 0.5) is 27.4 Å². The van der Waals surface area contributed by atoms with Crippen molar-refractivity contribution in [3.05, 3.63) is 64.6 Å². The Balaban J connectivity index is 1.36. The summed E-state index contributed by atoms with van der Waals surface area (Å²) in [7, 11) is 0. The van der Waals surface area contributed by atoms with Crippen molar-refractivity contribution in [2.75, 3.05) is 41.5 Å². The number of aliphatic hydroxyl groups is 1. The number of ether oxygens (including phenoxy) is 1. The van der Waals surface area contributed by atoms with Gasteiger partial charge in [0.1, 0.15) is 17.1 Å². The Morgan fingerprint density at radius 3 is 2.97 bits per heavy atom. The number of amides is 1. The van der Waals surface area contributed by atoms with Crippen LogP contribution in [-0.4, -0.2) is 53.4 Å². The van der Waals surface area contributed by atoms with Gasteiger partial charge >= 0.3 is 0 Å². The topological polar surface area (TPSA) is 103 Å². The summed E-state index contributed by atoms with van der Waals surface area (Å²) in [5.41, 5.74) is 2.50. The summed E-state index contributed by atoms with van der Waals surface area (Å²) in [5, 5.41) is 16.5. The first-order chi connectivity index (χ1) is 17.0. The van der Waals surface area contributed by atoms with Crippen molar-refractivity contribution < 1.29 is 19.0 Å². The van der Waals surface area contributed by atoms with Crippen molar-refractivity contribution in [1.29, 1.82) is 0 Å². The largest absolute Gasteiger partial charge is 0.455 e. The third-order valence-corrected chi connectivity index (χ3v) is 6.39. The first kappa shape index (κ1) is 23.3. The summed E-state index contributed by atoms with van der Waals surface area (Å²) in [6, 6.07) is 10.2. The van der Waals surface area contributed by atoms with E-state index in [2.05, 4.69) is 32.4 Å². The predicted molar refractivity (Wildman–Crippen MR) is 131 cm³/mol. The molecule has 1 saturated heterocycles. The Morgan fingerprint density at radius 1 is 1.34 bits per heavy atom. The maximum atomic E-state index is 14.3. The van der Waals surface area contributed by atoms with Crippen molar-refractivity contribution in [3.63, 3.8) is 0 Å². The highest BCUT2D eigenvalue weighted by Crippen LogP contribution is 2.34. The van der Waals surface area contributed by atoms with E-state index in [9.17, 15) is 14.3 Å². The van der Waals surface area contributed by atoms with Gasteiger partial charge < -0.3 is 25.4 Å². The molecule has 5 rings (SSSR count). The number of hydrogen-bond donors (Lipinski definition) is 3. The average molecular weight is 499 g/mol. The zero-order chi connectivity index (χ0) is 24.5. The lowest BCUT2D eigenvalue weighted by Gasteiger charge is -2.37. The summed E-state index contributed by atoms with van der Waals surface area (Å²) < 4.78 is 20.0. The standard InChI is InChI=1S/C24H24ClFN6O3/c1-14-10-27-7-8-31(14)20-6-5-16(9-15(20)12-33)29-24-28-11-17-22(30-24)35-13-32(23(17)34)21-18(25)3-2-4-19(21)26/h2-6,9,11,14,27,33H,7-8,10,12-13H2,1H3,(H,28,29,30)/t14-/m1/s1. The molecule has 1 aromatic heterocycles. The van der Waals surface area contributed by atoms with E-state index in [1.165, 1.54) is 24.4 Å². The molecular weight excluding hydrogens is 475 g/mol. The third kappa shape index (κ3) is 4.47. The molecule has 11 heteroatoms. The molecule has 2 aliphatic rings. The van der Waals surface area contributed by atoms with Crippen LogP contribution in [0.2, 0.25) is 5.02 Å². The maximum absolute atomic E-state index is 14.3. The number of aromatic nitrogens is 2. The number of para-hydroxylation sites is 1. The second-order valence-electron chi connectivity index (χ2n) is 8.36. The molecule has 0 bridgehead atoms. The monoisotopic (exact) mass is 498 g/mol. The van der Waals surface area contributed by atoms with Crippen molar-refractivity contribution in [2.24, 2.45) is 0 Å². The highest BCUT2D eigenvalue weighted by atomic mass is 35.5. The van der Waals surface area contributed by atoms with Crippen LogP contribution < -0.4 is 25.2 Å². The number of hydrogen-bond acceptors (Lipinski definition) is 8. The molecule has 0 aliphatic carbocycles. The molecule has 2 aromatic carbocycles. The van der Waals surface area contributed by atoms with Gasteiger partial charge in [-0.2, -0.15) is 4.98 Å². The molecule has 3 N–H and O–H groups in total. The minimum Gasteiger partial charge on any atom is -0.455 e. The van der Waals surface area contributed by atoms with Crippen LogP contribution in [-0.2, 0) is 6.61 Å². The second kappa shape index (κ2) is 9.65. The third-order valence-electron chi connectivity index (χ3n) is 6.08. The van der Waals surface area contributed by atoms with E-state index in [1.807, 2.05) is 18.2 Å². The second-order valence-corrected chi connectivity index (χ2v) is 8.77. The van der Waals surface area contributed by atoms with Gasteiger partial charge in [0.05, 0.1) is 11.6 Å². The van der Waals surface area contributed by atoms with E-state index < -0.39 is 11.7 Å². The van der Waals surface area contributed by atoms with E-state index in [0.29, 0.717) is 11.7 Å². The minimum absolute atomic E-state index is 0.0533. The molecule has 3 aromatic rings. The molecule has 1 fully saturated rings. The molecule has 9 nitrogen and oxygen atoms in total. The molecule has 3 heterocycles. The lowest BCUT2D eigenvalue weighted by Crippen LogP contribution is -2.50. The normalized spacial score (nSPS) is 17.7. The average Bonchev–Trinajstić information content (AvgIpc) is 2.85. The number of anilines is 4. The molecule has 0 unspecified atom stereocenters. The van der Waals surface area contributed by atoms with Gasteiger partial charge in [0.25, 0.3) is 5.91 Å². The summed E-state index contributed by atoms with van der Waals surface area (Å²) in [6.07, 6.45) is 1.33. The Bertz CT molecular complexity index is 1260. The van der Waals surface area contributed by atoms with Crippen LogP contribution in [0.3, 0.4) is 0 Å². The van der Waals surface area contributed by atoms with Gasteiger partial charge in [-0.05, 0) is 37.3 Å². The molecule has 2 aliphatic heterocycles. The van der Waals surface area contributed by atoms with Gasteiger partial charge in [0, 0.05) is 48.8 Å². The van der Waals surface area contributed by atoms with Gasteiger partial charge in [-0.1, -0.05) is 17.7 Å². The summed E-state index contributed by atoms with van der Waals surface area (Å²) in [5.74, 6) is -0.830. The fraction of sp³-hybridized carbons (Fsp3) is 0.292. The lowest BCUT2D eigenvalue weighted by molar-refractivity contribution is 0.0931. The molecule has 1 atom stereocenters. The predicted octanol–water partition coefficient (Wildman–Crippen LogP) is 3.30. The van der Waals surface area contributed by atoms with E-state index in [-0.39, 0.29) is 41.4 Å². The fourth-order valence-electron chi connectivity index (χ4n) is 4.32. The zero-order valence-corrected chi connectivity index (χ0v) is 19.7. The minimum atomic E-state index is -0.629. The lowest BCUT2D eigenvalue weighted by atomic mass is 10.1. The van der Waals surface area contributed by atoms with E-state index in [1.54, 1.807) is 0 Å². The van der Waals surface area contributed by atoms with E-state index >= 15 is 0 Å².